The van der Waals surface area contributed by atoms with Crippen LogP contribution in [0.3, 0.4) is 0 Å². The van der Waals surface area contributed by atoms with Crippen LogP contribution in [0.2, 0.25) is 0 Å². The lowest BCUT2D eigenvalue weighted by Gasteiger charge is -2.38. The number of carbonyl (C=O) groups excluding carboxylic acids is 1. The van der Waals surface area contributed by atoms with E-state index in [0.29, 0.717) is 24.7 Å². The van der Waals surface area contributed by atoms with Crippen molar-refractivity contribution in [1.82, 2.24) is 15.2 Å². The van der Waals surface area contributed by atoms with Gasteiger partial charge < -0.3 is 20.3 Å². The lowest BCUT2D eigenvalue weighted by atomic mass is 9.98. The van der Waals surface area contributed by atoms with Crippen molar-refractivity contribution in [3.63, 3.8) is 0 Å². The minimum atomic E-state index is 0.0337. The number of fused-ring (bicyclic) bond motifs is 2. The van der Waals surface area contributed by atoms with Crippen LogP contribution in [-0.2, 0) is 24.2 Å². The Bertz CT molecular complexity index is 955. The van der Waals surface area contributed by atoms with E-state index in [1.54, 1.807) is 5.56 Å². The molecule has 1 aromatic heterocycles. The predicted molar refractivity (Wildman–Crippen MR) is 126 cm³/mol. The maximum atomic E-state index is 11.5. The number of ether oxygens (including phenoxy) is 1. The van der Waals surface area contributed by atoms with Crippen molar-refractivity contribution < 1.29 is 9.53 Å². The number of benzene rings is 1. The van der Waals surface area contributed by atoms with Gasteiger partial charge in [0, 0.05) is 50.9 Å². The molecule has 2 aromatic rings. The number of hydrogen-bond acceptors (Lipinski definition) is 6. The molecule has 1 fully saturated rings. The average Bonchev–Trinajstić information content (AvgIpc) is 2.83. The van der Waals surface area contributed by atoms with Gasteiger partial charge >= 0.3 is 0 Å². The van der Waals surface area contributed by atoms with Crippen LogP contribution < -0.4 is 20.3 Å². The van der Waals surface area contributed by atoms with E-state index in [4.69, 9.17) is 4.74 Å². The number of nitrogens with one attached hydrogen (secondary N) is 2. The first-order valence-corrected chi connectivity index (χ1v) is 12.0. The number of hydrogen-bond donors (Lipinski definition) is 2. The number of nitrogens with zero attached hydrogens (tertiary/aromatic N) is 3. The van der Waals surface area contributed by atoms with Gasteiger partial charge in [-0.15, -0.1) is 0 Å². The summed E-state index contributed by atoms with van der Waals surface area (Å²) in [6.45, 7) is 8.30. The van der Waals surface area contributed by atoms with Gasteiger partial charge in [-0.2, -0.15) is 4.98 Å². The third-order valence-electron chi connectivity index (χ3n) is 6.78. The number of pyridine rings is 1. The zero-order chi connectivity index (χ0) is 21.8. The second-order valence-electron chi connectivity index (χ2n) is 8.93. The van der Waals surface area contributed by atoms with Crippen LogP contribution in [0.15, 0.2) is 30.3 Å². The third-order valence-corrected chi connectivity index (χ3v) is 6.78. The van der Waals surface area contributed by atoms with E-state index in [0.717, 1.165) is 77.1 Å². The van der Waals surface area contributed by atoms with Crippen molar-refractivity contribution in [2.75, 3.05) is 56.1 Å². The molecule has 0 saturated carbocycles. The number of carbonyl (C=O) groups is 1. The largest absolute Gasteiger partial charge is 0.478 e. The van der Waals surface area contributed by atoms with E-state index in [-0.39, 0.29) is 5.91 Å². The number of aromatic nitrogens is 1. The van der Waals surface area contributed by atoms with Gasteiger partial charge in [0.2, 0.25) is 11.8 Å². The molecule has 0 unspecified atom stereocenters. The second-order valence-corrected chi connectivity index (χ2v) is 8.93. The summed E-state index contributed by atoms with van der Waals surface area (Å²) < 4.78 is 5.83. The quantitative estimate of drug-likeness (QED) is 0.652. The Morgan fingerprint density at radius 2 is 1.88 bits per heavy atom. The van der Waals surface area contributed by atoms with Gasteiger partial charge in [-0.05, 0) is 67.6 Å². The second kappa shape index (κ2) is 9.88. The third kappa shape index (κ3) is 4.89. The summed E-state index contributed by atoms with van der Waals surface area (Å²) in [7, 11) is 0. The molecule has 0 atom stereocenters. The number of rotatable bonds is 7. The van der Waals surface area contributed by atoms with E-state index in [1.165, 1.54) is 11.3 Å². The summed E-state index contributed by atoms with van der Waals surface area (Å²) in [4.78, 5) is 21.1. The highest BCUT2D eigenvalue weighted by molar-refractivity contribution is 5.92. The standard InChI is InChI=1S/C25H33N5O2/c31-23-8-6-19-7-9-24(28-25(19)27-23)32-17-2-1-12-29-13-15-30(16-14-29)22-5-3-4-20-18-26-11-10-21(20)22/h3-5,7,9,26H,1-2,6,8,10-18H2,(H,27,28,31). The van der Waals surface area contributed by atoms with E-state index in [1.807, 2.05) is 12.1 Å². The minimum Gasteiger partial charge on any atom is -0.478 e. The summed E-state index contributed by atoms with van der Waals surface area (Å²) in [6, 6.07) is 10.7. The molecule has 7 nitrogen and oxygen atoms in total. The van der Waals surface area contributed by atoms with Gasteiger partial charge in [0.25, 0.3) is 0 Å². The maximum absolute atomic E-state index is 11.5. The normalized spacial score (nSPS) is 18.6. The van der Waals surface area contributed by atoms with E-state index in [2.05, 4.69) is 43.6 Å². The maximum Gasteiger partial charge on any atom is 0.225 e. The molecule has 2 N–H and O–H groups in total. The van der Waals surface area contributed by atoms with E-state index >= 15 is 0 Å². The number of unbranched alkanes of at least 4 members (excludes halogenated alkanes) is 1. The summed E-state index contributed by atoms with van der Waals surface area (Å²) in [6.07, 6.45) is 4.55. The Morgan fingerprint density at radius 3 is 2.78 bits per heavy atom. The van der Waals surface area contributed by atoms with E-state index < -0.39 is 0 Å². The van der Waals surface area contributed by atoms with Crippen molar-refractivity contribution in [2.24, 2.45) is 0 Å². The summed E-state index contributed by atoms with van der Waals surface area (Å²) in [5.41, 5.74) is 5.55. The Hall–Kier alpha value is -2.64. The molecule has 4 heterocycles. The van der Waals surface area contributed by atoms with Gasteiger partial charge in [-0.1, -0.05) is 12.1 Å². The monoisotopic (exact) mass is 435 g/mol. The first-order chi connectivity index (χ1) is 15.8. The highest BCUT2D eigenvalue weighted by atomic mass is 16.5. The molecule has 1 amide bonds. The molecule has 0 spiro atoms. The Labute approximate surface area is 190 Å². The fourth-order valence-corrected chi connectivity index (χ4v) is 4.94. The van der Waals surface area contributed by atoms with Crippen molar-refractivity contribution >= 4 is 17.4 Å². The van der Waals surface area contributed by atoms with Gasteiger partial charge in [0.1, 0.15) is 5.82 Å². The van der Waals surface area contributed by atoms with Crippen LogP contribution in [0.4, 0.5) is 11.5 Å². The number of amides is 1. The predicted octanol–water partition coefficient (Wildman–Crippen LogP) is 2.59. The van der Waals surface area contributed by atoms with E-state index in [9.17, 15) is 4.79 Å². The van der Waals surface area contributed by atoms with Crippen LogP contribution in [-0.4, -0.2) is 61.7 Å². The Balaban J connectivity index is 1.03. The van der Waals surface area contributed by atoms with Gasteiger partial charge in [0.05, 0.1) is 6.61 Å². The van der Waals surface area contributed by atoms with Crippen LogP contribution in [0.25, 0.3) is 0 Å². The van der Waals surface area contributed by atoms with Crippen LogP contribution >= 0.6 is 0 Å². The molecule has 0 bridgehead atoms. The van der Waals surface area contributed by atoms with Gasteiger partial charge in [-0.25, -0.2) is 0 Å². The lowest BCUT2D eigenvalue weighted by Crippen LogP contribution is -2.47. The number of anilines is 2. The fraction of sp³-hybridized carbons (Fsp3) is 0.520. The van der Waals surface area contributed by atoms with Crippen molar-refractivity contribution in [3.05, 3.63) is 47.0 Å². The van der Waals surface area contributed by atoms with Gasteiger partial charge in [0.15, 0.2) is 0 Å². The zero-order valence-corrected chi connectivity index (χ0v) is 18.7. The summed E-state index contributed by atoms with van der Waals surface area (Å²) >= 11 is 0. The molecule has 0 radical (unpaired) electrons. The van der Waals surface area contributed by atoms with Crippen molar-refractivity contribution in [1.29, 1.82) is 0 Å². The smallest absolute Gasteiger partial charge is 0.225 e. The van der Waals surface area contributed by atoms with Crippen LogP contribution in [0, 0.1) is 0 Å². The molecule has 7 heteroatoms. The topological polar surface area (TPSA) is 69.7 Å². The number of piperazine rings is 1. The lowest BCUT2D eigenvalue weighted by molar-refractivity contribution is -0.116. The molecule has 5 rings (SSSR count). The molecule has 1 saturated heterocycles. The zero-order valence-electron chi connectivity index (χ0n) is 18.7. The van der Waals surface area contributed by atoms with Crippen LogP contribution in [0.1, 0.15) is 36.0 Å². The van der Waals surface area contributed by atoms with Crippen molar-refractivity contribution in [3.8, 4) is 5.88 Å². The first kappa shape index (κ1) is 21.2. The molecule has 170 valence electrons. The highest BCUT2D eigenvalue weighted by Gasteiger charge is 2.21. The molecule has 3 aliphatic heterocycles. The summed E-state index contributed by atoms with van der Waals surface area (Å²) in [5, 5.41) is 6.31. The Kier molecular flexibility index (Phi) is 6.55. The first-order valence-electron chi connectivity index (χ1n) is 12.0. The fourth-order valence-electron chi connectivity index (χ4n) is 4.94. The molecule has 32 heavy (non-hydrogen) atoms. The van der Waals surface area contributed by atoms with Gasteiger partial charge in [-0.3, -0.25) is 9.69 Å². The molecule has 3 aliphatic rings. The average molecular weight is 436 g/mol. The SMILES string of the molecule is O=C1CCc2ccc(OCCCCN3CCN(c4cccc5c4CCNC5)CC3)nc2N1. The van der Waals surface area contributed by atoms with Crippen LogP contribution in [0.5, 0.6) is 5.88 Å². The van der Waals surface area contributed by atoms with Crippen molar-refractivity contribution in [2.45, 2.75) is 38.6 Å². The Morgan fingerprint density at radius 1 is 0.969 bits per heavy atom. The summed E-state index contributed by atoms with van der Waals surface area (Å²) in [5.74, 6) is 1.29. The molecule has 0 aliphatic carbocycles. The molecular formula is C25H33N5O2. The molecular weight excluding hydrogens is 402 g/mol. The highest BCUT2D eigenvalue weighted by Crippen LogP contribution is 2.27. The number of aryl methyl sites for hydroxylation is 1. The minimum absolute atomic E-state index is 0.0337. The molecule has 1 aromatic carbocycles.